The predicted octanol–water partition coefficient (Wildman–Crippen LogP) is 3.39. The van der Waals surface area contributed by atoms with Crippen LogP contribution in [0.2, 0.25) is 0 Å². The van der Waals surface area contributed by atoms with Gasteiger partial charge in [-0.25, -0.2) is 27.1 Å². The van der Waals surface area contributed by atoms with Gasteiger partial charge in [0.1, 0.15) is 23.2 Å². The summed E-state index contributed by atoms with van der Waals surface area (Å²) in [6.45, 7) is 3.11. The zero-order valence-corrected chi connectivity index (χ0v) is 21.5. The second kappa shape index (κ2) is 9.14. The van der Waals surface area contributed by atoms with E-state index < -0.39 is 43.6 Å². The van der Waals surface area contributed by atoms with Crippen molar-refractivity contribution < 1.29 is 22.3 Å². The number of aliphatic hydroxyl groups is 1. The van der Waals surface area contributed by atoms with E-state index >= 15 is 8.78 Å². The summed E-state index contributed by atoms with van der Waals surface area (Å²) in [6, 6.07) is 10.7. The van der Waals surface area contributed by atoms with Gasteiger partial charge < -0.3 is 5.11 Å². The number of benzene rings is 2. The first kappa shape index (κ1) is 25.7. The van der Waals surface area contributed by atoms with Crippen LogP contribution in [0.5, 0.6) is 0 Å². The van der Waals surface area contributed by atoms with Gasteiger partial charge in [0.2, 0.25) is 10.0 Å². The van der Waals surface area contributed by atoms with E-state index in [4.69, 9.17) is 0 Å². The minimum Gasteiger partial charge on any atom is -0.390 e. The van der Waals surface area contributed by atoms with Crippen molar-refractivity contribution in [3.05, 3.63) is 87.6 Å². The fourth-order valence-corrected chi connectivity index (χ4v) is 8.33. The molecule has 0 bridgehead atoms. The van der Waals surface area contributed by atoms with Crippen LogP contribution in [-0.2, 0) is 28.5 Å². The molecule has 0 spiro atoms. The van der Waals surface area contributed by atoms with Crippen LogP contribution in [0.1, 0.15) is 61.5 Å². The molecule has 2 heterocycles. The average molecular weight is 533 g/mol. The van der Waals surface area contributed by atoms with E-state index in [1.807, 2.05) is 6.07 Å². The van der Waals surface area contributed by atoms with Gasteiger partial charge in [-0.05, 0) is 62.8 Å². The van der Waals surface area contributed by atoms with Crippen LogP contribution in [-0.4, -0.2) is 44.2 Å². The molecule has 1 saturated heterocycles. The van der Waals surface area contributed by atoms with Crippen LogP contribution < -0.4 is 5.69 Å². The zero-order chi connectivity index (χ0) is 26.6. The van der Waals surface area contributed by atoms with E-state index in [2.05, 4.69) is 10.2 Å². The van der Waals surface area contributed by atoms with Crippen molar-refractivity contribution in [2.75, 3.05) is 0 Å². The van der Waals surface area contributed by atoms with Crippen LogP contribution >= 0.6 is 0 Å². The summed E-state index contributed by atoms with van der Waals surface area (Å²) in [5.41, 5.74) is -1.92. The molecule has 2 aliphatic rings. The Morgan fingerprint density at radius 3 is 2.46 bits per heavy atom. The van der Waals surface area contributed by atoms with Gasteiger partial charge >= 0.3 is 5.69 Å². The molecule has 2 atom stereocenters. The number of hydrogen-bond acceptors (Lipinski definition) is 5. The third-order valence-corrected chi connectivity index (χ3v) is 10.1. The minimum atomic E-state index is -3.82. The second-order valence-electron chi connectivity index (χ2n) is 10.8. The Kier molecular flexibility index (Phi) is 6.36. The highest BCUT2D eigenvalue weighted by molar-refractivity contribution is 7.89. The highest BCUT2D eigenvalue weighted by atomic mass is 32.2. The Balaban J connectivity index is 1.47. The fourth-order valence-electron chi connectivity index (χ4n) is 6.14. The molecule has 11 heteroatoms. The maximum Gasteiger partial charge on any atom is 0.343 e. The molecular weight excluding hydrogens is 502 g/mol. The lowest BCUT2D eigenvalue weighted by atomic mass is 9.56. The van der Waals surface area contributed by atoms with E-state index in [-0.39, 0.29) is 43.1 Å². The van der Waals surface area contributed by atoms with E-state index in [1.165, 1.54) is 15.2 Å². The van der Waals surface area contributed by atoms with Crippen LogP contribution in [0.25, 0.3) is 0 Å². The first-order valence-electron chi connectivity index (χ1n) is 12.3. The molecule has 1 saturated carbocycles. The number of sulfonamides is 1. The zero-order valence-electron chi connectivity index (χ0n) is 20.7. The van der Waals surface area contributed by atoms with Gasteiger partial charge in [-0.15, -0.1) is 0 Å². The third kappa shape index (κ3) is 4.64. The number of aromatic amines is 1. The Bertz CT molecular complexity index is 1460. The largest absolute Gasteiger partial charge is 0.390 e. The number of aromatic nitrogens is 3. The maximum atomic E-state index is 15.6. The van der Waals surface area contributed by atoms with Crippen molar-refractivity contribution in [3.63, 3.8) is 0 Å². The summed E-state index contributed by atoms with van der Waals surface area (Å²) in [5, 5.41) is 15.7. The average Bonchev–Trinajstić information content (AvgIpc) is 3.21. The number of halogens is 2. The fraction of sp³-hybridized carbons (Fsp3) is 0.462. The van der Waals surface area contributed by atoms with Gasteiger partial charge in [-0.1, -0.05) is 30.3 Å². The summed E-state index contributed by atoms with van der Waals surface area (Å²) >= 11 is 0. The number of H-pyrrole nitrogens is 1. The first-order valence-corrected chi connectivity index (χ1v) is 13.8. The lowest BCUT2D eigenvalue weighted by Crippen LogP contribution is -2.56. The Morgan fingerprint density at radius 1 is 1.14 bits per heavy atom. The minimum absolute atomic E-state index is 0.0183. The van der Waals surface area contributed by atoms with Gasteiger partial charge in [0.25, 0.3) is 0 Å². The Morgan fingerprint density at radius 2 is 1.84 bits per heavy atom. The Labute approximate surface area is 214 Å². The molecule has 1 aliphatic heterocycles. The van der Waals surface area contributed by atoms with Crippen LogP contribution in [0.4, 0.5) is 8.78 Å². The molecule has 0 amide bonds. The standard InChI is InChI=1S/C26H30F2N4O4S/c1-17-8-9-23(18-6-4-3-5-7-18)37(35,36)32(17)12-19-10-22(28)20(11-21(19)27)26(13-25(2,34)14-26)15-31-16-29-30-24(31)33/h3-7,10-11,16-17,23,34H,8-9,12-15H2,1-2H3,(H,30,33)/t17-,23+,25?,26?/m0/s1. The molecule has 3 aromatic rings. The van der Waals surface area contributed by atoms with Crippen molar-refractivity contribution in [1.82, 2.24) is 19.1 Å². The molecule has 8 nitrogen and oxygen atoms in total. The maximum absolute atomic E-state index is 15.6. The van der Waals surface area contributed by atoms with E-state index in [9.17, 15) is 18.3 Å². The molecule has 2 aromatic carbocycles. The SMILES string of the molecule is C[C@H]1CC[C@H](c2ccccc2)S(=O)(=O)N1Cc1cc(F)c(C2(Cn3cn[nH]c3=O)CC(C)(O)C2)cc1F. The molecule has 0 radical (unpaired) electrons. The quantitative estimate of drug-likeness (QED) is 0.506. The van der Waals surface area contributed by atoms with Gasteiger partial charge in [0.05, 0.1) is 5.60 Å². The van der Waals surface area contributed by atoms with Gasteiger partial charge in [0.15, 0.2) is 0 Å². The predicted molar refractivity (Wildman–Crippen MR) is 133 cm³/mol. The number of nitrogens with one attached hydrogen (secondary N) is 1. The first-order chi connectivity index (χ1) is 17.4. The summed E-state index contributed by atoms with van der Waals surface area (Å²) in [4.78, 5) is 12.0. The molecule has 1 aliphatic carbocycles. The normalized spacial score (nSPS) is 29.6. The highest BCUT2D eigenvalue weighted by Crippen LogP contribution is 2.52. The number of nitrogens with zero attached hydrogens (tertiary/aromatic N) is 3. The molecule has 198 valence electrons. The van der Waals surface area contributed by atoms with Gasteiger partial charge in [-0.2, -0.15) is 9.40 Å². The third-order valence-electron chi connectivity index (χ3n) is 7.76. The summed E-state index contributed by atoms with van der Waals surface area (Å²) in [6.07, 6.45) is 2.59. The lowest BCUT2D eigenvalue weighted by Gasteiger charge is -2.52. The van der Waals surface area contributed by atoms with Crippen LogP contribution in [0.3, 0.4) is 0 Å². The summed E-state index contributed by atoms with van der Waals surface area (Å²) in [7, 11) is -3.82. The monoisotopic (exact) mass is 532 g/mol. The van der Waals surface area contributed by atoms with Crippen molar-refractivity contribution in [2.24, 2.45) is 0 Å². The van der Waals surface area contributed by atoms with Crippen LogP contribution in [0, 0.1) is 11.6 Å². The van der Waals surface area contributed by atoms with Gasteiger partial charge in [0, 0.05) is 30.1 Å². The smallest absolute Gasteiger partial charge is 0.343 e. The van der Waals surface area contributed by atoms with Crippen molar-refractivity contribution in [3.8, 4) is 0 Å². The molecule has 0 unspecified atom stereocenters. The summed E-state index contributed by atoms with van der Waals surface area (Å²) < 4.78 is 60.7. The van der Waals surface area contributed by atoms with Crippen molar-refractivity contribution in [1.29, 1.82) is 0 Å². The van der Waals surface area contributed by atoms with Crippen LogP contribution in [0.15, 0.2) is 53.6 Å². The van der Waals surface area contributed by atoms with E-state index in [1.54, 1.807) is 38.1 Å². The number of rotatable bonds is 6. The topological polar surface area (TPSA) is 108 Å². The van der Waals surface area contributed by atoms with Crippen molar-refractivity contribution in [2.45, 2.75) is 74.9 Å². The molecular formula is C26H30F2N4O4S. The molecule has 5 rings (SSSR count). The summed E-state index contributed by atoms with van der Waals surface area (Å²) in [5.74, 6) is -1.43. The lowest BCUT2D eigenvalue weighted by molar-refractivity contribution is -0.0834. The molecule has 2 N–H and O–H groups in total. The molecule has 2 fully saturated rings. The molecule has 37 heavy (non-hydrogen) atoms. The van der Waals surface area contributed by atoms with Crippen molar-refractivity contribution >= 4 is 10.0 Å². The Hall–Kier alpha value is -2.89. The highest BCUT2D eigenvalue weighted by Gasteiger charge is 2.54. The van der Waals surface area contributed by atoms with Gasteiger partial charge in [-0.3, -0.25) is 4.57 Å². The molecule has 1 aromatic heterocycles. The van der Waals surface area contributed by atoms with E-state index in [0.717, 1.165) is 12.1 Å². The van der Waals surface area contributed by atoms with E-state index in [0.29, 0.717) is 18.4 Å². The number of hydrogen-bond donors (Lipinski definition) is 2. The second-order valence-corrected chi connectivity index (χ2v) is 12.8.